The van der Waals surface area contributed by atoms with Crippen LogP contribution in [-0.2, 0) is 21.1 Å². The zero-order valence-corrected chi connectivity index (χ0v) is 17.5. The average molecular weight is 447 g/mol. The van der Waals surface area contributed by atoms with E-state index in [-0.39, 0.29) is 17.9 Å². The lowest BCUT2D eigenvalue weighted by Crippen LogP contribution is -2.29. The molecular formula is C22H20F3N3O4. The van der Waals surface area contributed by atoms with E-state index in [9.17, 15) is 18.0 Å². The second kappa shape index (κ2) is 11.4. The van der Waals surface area contributed by atoms with Crippen LogP contribution in [0.3, 0.4) is 0 Å². The maximum Gasteiger partial charge on any atom is 0.573 e. The molecule has 1 amide bonds. The quantitative estimate of drug-likeness (QED) is 0.400. The van der Waals surface area contributed by atoms with Crippen LogP contribution in [0.1, 0.15) is 22.3 Å². The molecule has 1 N–H and O–H groups in total. The maximum absolute atomic E-state index is 12.5. The Balaban J connectivity index is 2.14. The van der Waals surface area contributed by atoms with Crippen molar-refractivity contribution >= 4 is 17.8 Å². The summed E-state index contributed by atoms with van der Waals surface area (Å²) < 4.78 is 41.3. The Labute approximate surface area is 182 Å². The number of carbonyl (C=O) groups excluding carboxylic acids is 1. The van der Waals surface area contributed by atoms with Crippen LogP contribution < -0.4 is 10.1 Å². The van der Waals surface area contributed by atoms with Gasteiger partial charge in [-0.1, -0.05) is 46.6 Å². The number of likely N-dealkylation sites (N-methyl/N-ethyl adjacent to an activating group) is 1. The fraction of sp³-hybridized carbons (Fsp3) is 0.227. The van der Waals surface area contributed by atoms with Gasteiger partial charge in [-0.15, -0.1) is 13.2 Å². The van der Waals surface area contributed by atoms with Crippen molar-refractivity contribution in [2.75, 3.05) is 14.2 Å². The average Bonchev–Trinajstić information content (AvgIpc) is 2.75. The molecule has 0 saturated carbocycles. The van der Waals surface area contributed by atoms with Crippen LogP contribution in [-0.4, -0.2) is 38.4 Å². The molecule has 0 saturated heterocycles. The van der Waals surface area contributed by atoms with E-state index in [1.54, 1.807) is 12.1 Å². The Bertz CT molecular complexity index is 1070. The monoisotopic (exact) mass is 447 g/mol. The van der Waals surface area contributed by atoms with Crippen LogP contribution in [0.25, 0.3) is 0 Å². The largest absolute Gasteiger partial charge is 0.573 e. The third-order valence-corrected chi connectivity index (χ3v) is 4.01. The van der Waals surface area contributed by atoms with Gasteiger partial charge in [0.1, 0.15) is 25.7 Å². The Morgan fingerprint density at radius 2 is 1.94 bits per heavy atom. The standard InChI is InChI=1S/C22H20F3N3O4/c1-15-8-6-11-17(20(28-30-3)21(29)26-2)18(15)14-31-27-13-7-10-16-9-4-5-12-19(16)32-22(23,24)25/h4-6,8-9,11-13H,14H2,1-3H3,(H,26,29)/b27-13+,28-20+. The van der Waals surface area contributed by atoms with E-state index in [0.29, 0.717) is 11.1 Å². The van der Waals surface area contributed by atoms with Crippen LogP contribution in [0.15, 0.2) is 52.8 Å². The Kier molecular flexibility index (Phi) is 8.65. The van der Waals surface area contributed by atoms with Gasteiger partial charge in [0.25, 0.3) is 5.91 Å². The molecule has 7 nitrogen and oxygen atoms in total. The lowest BCUT2D eigenvalue weighted by atomic mass is 9.98. The van der Waals surface area contributed by atoms with Gasteiger partial charge in [0.15, 0.2) is 5.71 Å². The number of rotatable bonds is 7. The minimum absolute atomic E-state index is 0.00626. The van der Waals surface area contributed by atoms with Crippen LogP contribution in [0, 0.1) is 18.8 Å². The molecule has 0 heterocycles. The number of alkyl halides is 3. The highest BCUT2D eigenvalue weighted by Crippen LogP contribution is 2.25. The summed E-state index contributed by atoms with van der Waals surface area (Å²) in [6, 6.07) is 10.8. The van der Waals surface area contributed by atoms with E-state index in [2.05, 4.69) is 32.2 Å². The number of oxime groups is 2. The molecule has 0 fully saturated rings. The van der Waals surface area contributed by atoms with E-state index in [1.165, 1.54) is 32.4 Å². The van der Waals surface area contributed by atoms with Crippen molar-refractivity contribution in [2.45, 2.75) is 19.9 Å². The summed E-state index contributed by atoms with van der Waals surface area (Å²) in [6.45, 7) is 1.82. The van der Waals surface area contributed by atoms with Crippen molar-refractivity contribution < 1.29 is 32.4 Å². The lowest BCUT2D eigenvalue weighted by Gasteiger charge is -2.12. The van der Waals surface area contributed by atoms with Gasteiger partial charge in [-0.05, 0) is 30.5 Å². The Morgan fingerprint density at radius 1 is 1.19 bits per heavy atom. The van der Waals surface area contributed by atoms with Gasteiger partial charge in [-0.3, -0.25) is 4.79 Å². The Hall–Kier alpha value is -4.00. The van der Waals surface area contributed by atoms with Crippen LogP contribution >= 0.6 is 0 Å². The highest BCUT2D eigenvalue weighted by molar-refractivity contribution is 6.45. The van der Waals surface area contributed by atoms with E-state index in [0.717, 1.165) is 17.8 Å². The van der Waals surface area contributed by atoms with E-state index >= 15 is 0 Å². The van der Waals surface area contributed by atoms with Crippen molar-refractivity contribution in [1.82, 2.24) is 5.32 Å². The number of aryl methyl sites for hydroxylation is 1. The molecule has 2 aromatic rings. The number of carbonyl (C=O) groups is 1. The molecular weight excluding hydrogens is 427 g/mol. The van der Waals surface area contributed by atoms with Crippen molar-refractivity contribution in [3.05, 3.63) is 64.7 Å². The summed E-state index contributed by atoms with van der Waals surface area (Å²) in [5.41, 5.74) is 2.10. The second-order valence-electron chi connectivity index (χ2n) is 6.12. The molecule has 0 aliphatic rings. The van der Waals surface area contributed by atoms with Gasteiger partial charge in [-0.25, -0.2) is 0 Å². The van der Waals surface area contributed by atoms with Crippen molar-refractivity contribution in [2.24, 2.45) is 10.3 Å². The van der Waals surface area contributed by atoms with Crippen molar-refractivity contribution in [1.29, 1.82) is 0 Å². The van der Waals surface area contributed by atoms with Crippen LogP contribution in [0.2, 0.25) is 0 Å². The second-order valence-corrected chi connectivity index (χ2v) is 6.12. The van der Waals surface area contributed by atoms with Crippen LogP contribution in [0.4, 0.5) is 13.2 Å². The van der Waals surface area contributed by atoms with Gasteiger partial charge in [0.05, 0.1) is 5.56 Å². The summed E-state index contributed by atoms with van der Waals surface area (Å²) >= 11 is 0. The first-order valence-electron chi connectivity index (χ1n) is 9.19. The number of hydrogen-bond donors (Lipinski definition) is 1. The van der Waals surface area contributed by atoms with Crippen LogP contribution in [0.5, 0.6) is 5.75 Å². The van der Waals surface area contributed by atoms with Gasteiger partial charge in [0, 0.05) is 18.2 Å². The third-order valence-electron chi connectivity index (χ3n) is 4.01. The minimum Gasteiger partial charge on any atom is -0.404 e. The predicted molar refractivity (Wildman–Crippen MR) is 112 cm³/mol. The fourth-order valence-corrected chi connectivity index (χ4v) is 2.60. The number of benzene rings is 2. The van der Waals surface area contributed by atoms with Gasteiger partial charge in [-0.2, -0.15) is 0 Å². The number of halogens is 3. The number of nitrogens with zero attached hydrogens (tertiary/aromatic N) is 2. The highest BCUT2D eigenvalue weighted by Gasteiger charge is 2.31. The number of amides is 1. The number of para-hydroxylation sites is 1. The van der Waals surface area contributed by atoms with E-state index in [4.69, 9.17) is 9.68 Å². The predicted octanol–water partition coefficient (Wildman–Crippen LogP) is 3.54. The number of nitrogens with one attached hydrogen (secondary N) is 1. The van der Waals surface area contributed by atoms with Crippen molar-refractivity contribution in [3.8, 4) is 17.6 Å². The van der Waals surface area contributed by atoms with Gasteiger partial charge in [0.2, 0.25) is 0 Å². The molecule has 0 unspecified atom stereocenters. The van der Waals surface area contributed by atoms with E-state index in [1.807, 2.05) is 13.0 Å². The summed E-state index contributed by atoms with van der Waals surface area (Å²) in [4.78, 5) is 22.2. The molecule has 10 heteroatoms. The lowest BCUT2D eigenvalue weighted by molar-refractivity contribution is -0.274. The number of hydrogen-bond acceptors (Lipinski definition) is 6. The zero-order chi connectivity index (χ0) is 23.6. The third kappa shape index (κ3) is 7.05. The first-order chi connectivity index (χ1) is 15.3. The summed E-state index contributed by atoms with van der Waals surface area (Å²) in [7, 11) is 2.80. The first kappa shape index (κ1) is 24.3. The topological polar surface area (TPSA) is 81.5 Å². The Morgan fingerprint density at radius 3 is 2.62 bits per heavy atom. The molecule has 0 spiro atoms. The molecule has 0 aromatic heterocycles. The number of ether oxygens (including phenoxy) is 1. The molecule has 0 aliphatic carbocycles. The summed E-state index contributed by atoms with van der Waals surface area (Å²) in [5.74, 6) is 4.17. The fourth-order valence-electron chi connectivity index (χ4n) is 2.60. The summed E-state index contributed by atoms with van der Waals surface area (Å²) in [5, 5.41) is 9.99. The smallest absolute Gasteiger partial charge is 0.404 e. The molecule has 0 atom stereocenters. The zero-order valence-electron chi connectivity index (χ0n) is 17.5. The normalized spacial score (nSPS) is 11.5. The molecule has 0 bridgehead atoms. The van der Waals surface area contributed by atoms with E-state index < -0.39 is 18.0 Å². The molecule has 0 radical (unpaired) electrons. The minimum atomic E-state index is -4.82. The van der Waals surface area contributed by atoms with Gasteiger partial charge < -0.3 is 19.7 Å². The molecule has 0 aliphatic heterocycles. The molecule has 2 aromatic carbocycles. The highest BCUT2D eigenvalue weighted by atomic mass is 19.4. The summed E-state index contributed by atoms with van der Waals surface area (Å²) in [6.07, 6.45) is -3.72. The van der Waals surface area contributed by atoms with Crippen molar-refractivity contribution in [3.63, 3.8) is 0 Å². The first-order valence-corrected chi connectivity index (χ1v) is 9.19. The maximum atomic E-state index is 12.5. The van der Waals surface area contributed by atoms with Gasteiger partial charge >= 0.3 is 6.36 Å². The molecule has 168 valence electrons. The molecule has 32 heavy (non-hydrogen) atoms. The molecule has 2 rings (SSSR count). The SMILES string of the molecule is CNC(=O)/C(=N/OC)c1cccc(C)c1CO/N=C/C#Cc1ccccc1OC(F)(F)F.